The number of benzene rings is 1. The van der Waals surface area contributed by atoms with Crippen LogP contribution in [0.4, 0.5) is 0 Å². The average molecular weight is 247 g/mol. The van der Waals surface area contributed by atoms with E-state index in [1.807, 2.05) is 19.9 Å². The van der Waals surface area contributed by atoms with Crippen LogP contribution in [0, 0.1) is 32.6 Å². The Balaban J connectivity index is 3.05. The topological polar surface area (TPSA) is 43.1 Å². The van der Waals surface area contributed by atoms with Crippen LogP contribution >= 0.6 is 0 Å². The molecule has 0 aromatic heterocycles. The van der Waals surface area contributed by atoms with Gasteiger partial charge in [-0.3, -0.25) is 4.79 Å². The summed E-state index contributed by atoms with van der Waals surface area (Å²) >= 11 is 0. The summed E-state index contributed by atoms with van der Waals surface area (Å²) in [7, 11) is 0. The molecule has 0 saturated carbocycles. The molecule has 1 aromatic rings. The van der Waals surface area contributed by atoms with Crippen LogP contribution in [0.3, 0.4) is 0 Å². The van der Waals surface area contributed by atoms with Crippen molar-refractivity contribution in [3.8, 4) is 0 Å². The number of nitrogens with two attached hydrogens (primary N) is 1. The summed E-state index contributed by atoms with van der Waals surface area (Å²) in [5.41, 5.74) is 10.1. The van der Waals surface area contributed by atoms with Crippen LogP contribution < -0.4 is 5.73 Å². The number of Topliss-reactive ketones (excluding diaryl/α,β-unsaturated/α-hetero) is 1. The second-order valence-electron chi connectivity index (χ2n) is 5.68. The predicted octanol–water partition coefficient (Wildman–Crippen LogP) is 3.42. The molecule has 0 bridgehead atoms. The molecule has 0 heterocycles. The van der Waals surface area contributed by atoms with Gasteiger partial charge in [-0.1, -0.05) is 19.9 Å². The zero-order valence-electron chi connectivity index (χ0n) is 12.2. The third kappa shape index (κ3) is 3.42. The summed E-state index contributed by atoms with van der Waals surface area (Å²) in [6, 6.07) is 4.10. The Morgan fingerprint density at radius 2 is 1.67 bits per heavy atom. The summed E-state index contributed by atoms with van der Waals surface area (Å²) in [5.74, 6) is 0.645. The number of hydrogen-bond donors (Lipinski definition) is 1. The molecule has 1 unspecified atom stereocenters. The summed E-state index contributed by atoms with van der Waals surface area (Å²) in [6.45, 7) is 10.8. The molecule has 0 spiro atoms. The molecular weight excluding hydrogens is 222 g/mol. The Labute approximate surface area is 111 Å². The molecule has 1 atom stereocenters. The van der Waals surface area contributed by atoms with Crippen LogP contribution in [0.5, 0.6) is 0 Å². The highest BCUT2D eigenvalue weighted by molar-refractivity contribution is 5.99. The van der Waals surface area contributed by atoms with Gasteiger partial charge in [0.15, 0.2) is 5.78 Å². The van der Waals surface area contributed by atoms with Crippen molar-refractivity contribution < 1.29 is 4.79 Å². The summed E-state index contributed by atoms with van der Waals surface area (Å²) < 4.78 is 0. The normalized spacial score (nSPS) is 12.8. The zero-order valence-corrected chi connectivity index (χ0v) is 12.2. The minimum atomic E-state index is -0.0502. The molecule has 1 aromatic carbocycles. The van der Waals surface area contributed by atoms with Gasteiger partial charge in [0.1, 0.15) is 0 Å². The van der Waals surface area contributed by atoms with Crippen molar-refractivity contribution in [1.29, 1.82) is 0 Å². The van der Waals surface area contributed by atoms with E-state index in [2.05, 4.69) is 26.8 Å². The van der Waals surface area contributed by atoms with E-state index in [1.165, 1.54) is 11.1 Å². The molecule has 100 valence electrons. The Morgan fingerprint density at radius 3 is 2.17 bits per heavy atom. The number of carbonyl (C=O) groups is 1. The van der Waals surface area contributed by atoms with E-state index >= 15 is 0 Å². The van der Waals surface area contributed by atoms with Gasteiger partial charge in [0.2, 0.25) is 0 Å². The second kappa shape index (κ2) is 6.14. The SMILES string of the molecule is Cc1cc(C)c(C(=O)C(CN)CC(C)C)cc1C. The minimum Gasteiger partial charge on any atom is -0.330 e. The molecule has 0 fully saturated rings. The monoisotopic (exact) mass is 247 g/mol. The van der Waals surface area contributed by atoms with Gasteiger partial charge in [0.05, 0.1) is 0 Å². The Hall–Kier alpha value is -1.15. The molecule has 2 nitrogen and oxygen atoms in total. The molecular formula is C16H25NO. The molecule has 0 aliphatic rings. The van der Waals surface area contributed by atoms with Gasteiger partial charge >= 0.3 is 0 Å². The average Bonchev–Trinajstić information content (AvgIpc) is 2.29. The largest absolute Gasteiger partial charge is 0.330 e. The molecule has 2 N–H and O–H groups in total. The van der Waals surface area contributed by atoms with Crippen LogP contribution in [0.1, 0.15) is 47.3 Å². The second-order valence-corrected chi connectivity index (χ2v) is 5.68. The molecule has 0 aliphatic heterocycles. The van der Waals surface area contributed by atoms with Crippen LogP contribution in [0.25, 0.3) is 0 Å². The third-order valence-electron chi connectivity index (χ3n) is 3.52. The standard InChI is InChI=1S/C16H25NO/c1-10(2)6-14(9-17)16(18)15-8-12(4)11(3)7-13(15)5/h7-8,10,14H,6,9,17H2,1-5H3. The van der Waals surface area contributed by atoms with Crippen LogP contribution in [-0.2, 0) is 0 Å². The summed E-state index contributed by atoms with van der Waals surface area (Å²) in [6.07, 6.45) is 0.863. The fraction of sp³-hybridized carbons (Fsp3) is 0.562. The van der Waals surface area contributed by atoms with E-state index in [9.17, 15) is 4.79 Å². The first-order chi connectivity index (χ1) is 8.36. The third-order valence-corrected chi connectivity index (χ3v) is 3.52. The first-order valence-corrected chi connectivity index (χ1v) is 6.69. The van der Waals surface area contributed by atoms with Crippen molar-refractivity contribution in [3.63, 3.8) is 0 Å². The molecule has 0 amide bonds. The fourth-order valence-corrected chi connectivity index (χ4v) is 2.33. The fourth-order valence-electron chi connectivity index (χ4n) is 2.33. The van der Waals surface area contributed by atoms with Gasteiger partial charge in [0.25, 0.3) is 0 Å². The van der Waals surface area contributed by atoms with E-state index < -0.39 is 0 Å². The lowest BCUT2D eigenvalue weighted by Gasteiger charge is -2.18. The maximum absolute atomic E-state index is 12.5. The van der Waals surface area contributed by atoms with Crippen molar-refractivity contribution in [2.75, 3.05) is 6.54 Å². The number of ketones is 1. The Kier molecular flexibility index (Phi) is 5.09. The molecule has 18 heavy (non-hydrogen) atoms. The minimum absolute atomic E-state index is 0.0502. The lowest BCUT2D eigenvalue weighted by molar-refractivity contribution is 0.0908. The molecule has 1 rings (SSSR count). The Bertz CT molecular complexity index is 435. The first kappa shape index (κ1) is 14.9. The molecule has 0 saturated heterocycles. The van der Waals surface area contributed by atoms with Crippen molar-refractivity contribution in [1.82, 2.24) is 0 Å². The molecule has 2 heteroatoms. The number of aryl methyl sites for hydroxylation is 3. The van der Waals surface area contributed by atoms with Crippen molar-refractivity contribution in [2.45, 2.75) is 41.0 Å². The lowest BCUT2D eigenvalue weighted by Crippen LogP contribution is -2.26. The van der Waals surface area contributed by atoms with E-state index in [0.717, 1.165) is 17.5 Å². The van der Waals surface area contributed by atoms with Crippen LogP contribution in [0.2, 0.25) is 0 Å². The molecule has 0 radical (unpaired) electrons. The highest BCUT2D eigenvalue weighted by Gasteiger charge is 2.21. The maximum Gasteiger partial charge on any atom is 0.167 e. The van der Waals surface area contributed by atoms with Crippen molar-refractivity contribution in [2.24, 2.45) is 17.6 Å². The highest BCUT2D eigenvalue weighted by Crippen LogP contribution is 2.21. The number of rotatable bonds is 5. The van der Waals surface area contributed by atoms with E-state index in [1.54, 1.807) is 0 Å². The van der Waals surface area contributed by atoms with Gasteiger partial charge in [-0.2, -0.15) is 0 Å². The highest BCUT2D eigenvalue weighted by atomic mass is 16.1. The summed E-state index contributed by atoms with van der Waals surface area (Å²) in [5, 5.41) is 0. The lowest BCUT2D eigenvalue weighted by atomic mass is 9.87. The van der Waals surface area contributed by atoms with E-state index in [-0.39, 0.29) is 11.7 Å². The van der Waals surface area contributed by atoms with Crippen molar-refractivity contribution >= 4 is 5.78 Å². The van der Waals surface area contributed by atoms with E-state index in [4.69, 9.17) is 5.73 Å². The molecule has 0 aliphatic carbocycles. The van der Waals surface area contributed by atoms with Gasteiger partial charge < -0.3 is 5.73 Å². The summed E-state index contributed by atoms with van der Waals surface area (Å²) in [4.78, 5) is 12.5. The predicted molar refractivity (Wildman–Crippen MR) is 77.0 cm³/mol. The van der Waals surface area contributed by atoms with E-state index in [0.29, 0.717) is 12.5 Å². The van der Waals surface area contributed by atoms with Gasteiger partial charge in [-0.25, -0.2) is 0 Å². The number of carbonyl (C=O) groups excluding carboxylic acids is 1. The first-order valence-electron chi connectivity index (χ1n) is 6.69. The smallest absolute Gasteiger partial charge is 0.167 e. The quantitative estimate of drug-likeness (QED) is 0.810. The Morgan fingerprint density at radius 1 is 1.11 bits per heavy atom. The van der Waals surface area contributed by atoms with Crippen molar-refractivity contribution in [3.05, 3.63) is 34.4 Å². The zero-order chi connectivity index (χ0) is 13.9. The number of hydrogen-bond acceptors (Lipinski definition) is 2. The van der Waals surface area contributed by atoms with Gasteiger partial charge in [-0.15, -0.1) is 0 Å². The van der Waals surface area contributed by atoms with Crippen LogP contribution in [-0.4, -0.2) is 12.3 Å². The van der Waals surface area contributed by atoms with Gasteiger partial charge in [-0.05, 0) is 55.9 Å². The van der Waals surface area contributed by atoms with Gasteiger partial charge in [0, 0.05) is 18.0 Å². The maximum atomic E-state index is 12.5. The van der Waals surface area contributed by atoms with Crippen LogP contribution in [0.15, 0.2) is 12.1 Å².